The molecule has 1 aliphatic carbocycles. The Kier molecular flexibility index (Phi) is 8.27. The van der Waals surface area contributed by atoms with Crippen LogP contribution in [0.5, 0.6) is 0 Å². The number of aromatic nitrogens is 1. The number of nitrogens with zero attached hydrogens (tertiary/aromatic N) is 2. The molecule has 2 aromatic heterocycles. The highest BCUT2D eigenvalue weighted by atomic mass is 32.2. The number of hydrogen-bond acceptors (Lipinski definition) is 9. The van der Waals surface area contributed by atoms with Gasteiger partial charge in [-0.2, -0.15) is 4.99 Å². The van der Waals surface area contributed by atoms with E-state index in [1.807, 2.05) is 0 Å². The Bertz CT molecular complexity index is 1420. The van der Waals surface area contributed by atoms with Gasteiger partial charge in [-0.15, -0.1) is 23.1 Å². The monoisotopic (exact) mass is 547 g/mol. The van der Waals surface area contributed by atoms with Crippen molar-refractivity contribution in [3.63, 3.8) is 0 Å². The lowest BCUT2D eigenvalue weighted by Gasteiger charge is -2.11. The molecule has 12 heteroatoms. The van der Waals surface area contributed by atoms with Crippen LogP contribution in [0, 0.1) is 0 Å². The fraction of sp³-hybridized carbons (Fsp3) is 0.375. The van der Waals surface area contributed by atoms with Crippen LogP contribution < -0.4 is 10.1 Å². The number of thiophene rings is 1. The number of carbonyl (C=O) groups excluding carboxylic acids is 4. The smallest absolute Gasteiger partial charge is 0.341 e. The number of carbonyl (C=O) groups is 4. The van der Waals surface area contributed by atoms with Crippen LogP contribution in [0.1, 0.15) is 44.0 Å². The lowest BCUT2D eigenvalue weighted by atomic mass is 9.95. The van der Waals surface area contributed by atoms with Gasteiger partial charge in [-0.25, -0.2) is 9.59 Å². The average molecular weight is 548 g/mol. The van der Waals surface area contributed by atoms with E-state index in [0.29, 0.717) is 20.9 Å². The topological polar surface area (TPSA) is 116 Å². The van der Waals surface area contributed by atoms with E-state index in [1.54, 1.807) is 29.8 Å². The maximum absolute atomic E-state index is 12.6. The Morgan fingerprint density at radius 1 is 1.06 bits per heavy atom. The van der Waals surface area contributed by atoms with Crippen LogP contribution in [0.15, 0.2) is 23.2 Å². The number of nitrogens with one attached hydrogen (secondary N) is 1. The van der Waals surface area contributed by atoms with E-state index >= 15 is 0 Å². The normalized spacial score (nSPS) is 13.4. The second-order valence-electron chi connectivity index (χ2n) is 8.07. The van der Waals surface area contributed by atoms with Gasteiger partial charge in [0, 0.05) is 11.9 Å². The van der Waals surface area contributed by atoms with E-state index in [9.17, 15) is 19.2 Å². The highest BCUT2D eigenvalue weighted by molar-refractivity contribution is 8.00. The summed E-state index contributed by atoms with van der Waals surface area (Å²) in [6.45, 7) is 0. The van der Waals surface area contributed by atoms with E-state index in [1.165, 1.54) is 36.9 Å². The number of esters is 2. The molecule has 0 aliphatic heterocycles. The van der Waals surface area contributed by atoms with Crippen molar-refractivity contribution in [2.24, 2.45) is 12.0 Å². The van der Waals surface area contributed by atoms with Gasteiger partial charge in [0.25, 0.3) is 5.91 Å². The van der Waals surface area contributed by atoms with Crippen molar-refractivity contribution in [3.05, 3.63) is 44.6 Å². The Hall–Kier alpha value is -2.96. The van der Waals surface area contributed by atoms with E-state index in [4.69, 9.17) is 9.47 Å². The molecule has 3 aromatic rings. The molecule has 0 spiro atoms. The van der Waals surface area contributed by atoms with Crippen LogP contribution in [0.3, 0.4) is 0 Å². The molecule has 9 nitrogen and oxygen atoms in total. The van der Waals surface area contributed by atoms with Gasteiger partial charge in [0.2, 0.25) is 5.91 Å². The van der Waals surface area contributed by atoms with Gasteiger partial charge in [-0.1, -0.05) is 11.3 Å². The molecule has 2 heterocycles. The summed E-state index contributed by atoms with van der Waals surface area (Å²) in [6, 6.07) is 5.15. The van der Waals surface area contributed by atoms with Crippen LogP contribution in [0.4, 0.5) is 5.00 Å². The number of aryl methyl sites for hydroxylation is 2. The summed E-state index contributed by atoms with van der Waals surface area (Å²) >= 11 is 3.87. The number of amides is 2. The first-order valence-electron chi connectivity index (χ1n) is 11.2. The van der Waals surface area contributed by atoms with Gasteiger partial charge in [0.05, 0.1) is 47.1 Å². The summed E-state index contributed by atoms with van der Waals surface area (Å²) in [5, 5.41) is 3.34. The third-order valence-corrected chi connectivity index (χ3v) is 8.94. The van der Waals surface area contributed by atoms with Gasteiger partial charge in [0.15, 0.2) is 4.80 Å². The molecule has 0 bridgehead atoms. The predicted molar refractivity (Wildman–Crippen MR) is 141 cm³/mol. The molecule has 0 saturated carbocycles. The highest BCUT2D eigenvalue weighted by Crippen LogP contribution is 2.38. The number of rotatable bonds is 7. The predicted octanol–water partition coefficient (Wildman–Crippen LogP) is 3.55. The maximum atomic E-state index is 12.6. The summed E-state index contributed by atoms with van der Waals surface area (Å²) in [5.74, 6) is -1.46. The largest absolute Gasteiger partial charge is 0.465 e. The van der Waals surface area contributed by atoms with Crippen molar-refractivity contribution in [1.29, 1.82) is 0 Å². The summed E-state index contributed by atoms with van der Waals surface area (Å²) in [7, 11) is 4.45. The van der Waals surface area contributed by atoms with Gasteiger partial charge < -0.3 is 19.4 Å². The van der Waals surface area contributed by atoms with Crippen LogP contribution in [-0.4, -0.2) is 54.0 Å². The molecule has 0 atom stereocenters. The standard InChI is InChI=1S/C24H25N3O6S3/c1-27-15-9-8-13(22(30)32-2)10-17(15)36-24(27)26-19(29)12-34-11-18(28)25-21-20(23(31)33-3)14-6-4-5-7-16(14)35-21/h8-10H,4-7,11-12H2,1-3H3,(H,25,28). The molecule has 0 radical (unpaired) electrons. The molecule has 0 unspecified atom stereocenters. The number of thioether (sulfide) groups is 1. The third kappa shape index (κ3) is 5.55. The molecule has 190 valence electrons. The first-order valence-corrected chi connectivity index (χ1v) is 14.0. The second-order valence-corrected chi connectivity index (χ2v) is 11.2. The number of fused-ring (bicyclic) bond motifs is 2. The molecule has 4 rings (SSSR count). The SMILES string of the molecule is COC(=O)c1ccc2c(c1)sc(=NC(=O)CSCC(=O)Nc1sc3c(c1C(=O)OC)CCCC3)n2C. The van der Waals surface area contributed by atoms with Crippen molar-refractivity contribution in [3.8, 4) is 0 Å². The van der Waals surface area contributed by atoms with E-state index in [0.717, 1.165) is 58.1 Å². The first-order chi connectivity index (χ1) is 17.3. The lowest BCUT2D eigenvalue weighted by Crippen LogP contribution is -2.18. The van der Waals surface area contributed by atoms with E-state index in [2.05, 4.69) is 10.3 Å². The van der Waals surface area contributed by atoms with Crippen LogP contribution >= 0.6 is 34.4 Å². The number of thiazole rings is 1. The number of ether oxygens (including phenoxy) is 2. The molecular formula is C24H25N3O6S3. The van der Waals surface area contributed by atoms with Gasteiger partial charge in [-0.05, 0) is 49.4 Å². The molecule has 0 fully saturated rings. The molecular weight excluding hydrogens is 522 g/mol. The van der Waals surface area contributed by atoms with Crippen molar-refractivity contribution >= 4 is 73.4 Å². The zero-order chi connectivity index (χ0) is 25.8. The Labute approximate surface area is 219 Å². The maximum Gasteiger partial charge on any atom is 0.341 e. The van der Waals surface area contributed by atoms with Gasteiger partial charge >= 0.3 is 11.9 Å². The van der Waals surface area contributed by atoms with Crippen molar-refractivity contribution in [2.75, 3.05) is 31.0 Å². The molecule has 2 amide bonds. The van der Waals surface area contributed by atoms with Gasteiger partial charge in [-0.3, -0.25) is 9.59 Å². The molecule has 36 heavy (non-hydrogen) atoms. The summed E-state index contributed by atoms with van der Waals surface area (Å²) in [4.78, 5) is 54.9. The third-order valence-electron chi connectivity index (χ3n) is 5.72. The minimum absolute atomic E-state index is 0.0277. The molecule has 1 N–H and O–H groups in total. The minimum Gasteiger partial charge on any atom is -0.465 e. The zero-order valence-corrected chi connectivity index (χ0v) is 22.5. The quantitative estimate of drug-likeness (QED) is 0.450. The minimum atomic E-state index is -0.443. The second kappa shape index (κ2) is 11.4. The Morgan fingerprint density at radius 3 is 2.56 bits per heavy atom. The fourth-order valence-corrected chi connectivity index (χ4v) is 6.96. The number of hydrogen-bond donors (Lipinski definition) is 1. The highest BCUT2D eigenvalue weighted by Gasteiger charge is 2.26. The first kappa shape index (κ1) is 26.1. The van der Waals surface area contributed by atoms with E-state index in [-0.39, 0.29) is 23.3 Å². The summed E-state index contributed by atoms with van der Waals surface area (Å²) in [6.07, 6.45) is 3.76. The number of benzene rings is 1. The Morgan fingerprint density at radius 2 is 1.81 bits per heavy atom. The van der Waals surface area contributed by atoms with Crippen molar-refractivity contribution < 1.29 is 28.7 Å². The molecule has 1 aromatic carbocycles. The van der Waals surface area contributed by atoms with Crippen LogP contribution in [0.25, 0.3) is 10.2 Å². The summed E-state index contributed by atoms with van der Waals surface area (Å²) < 4.78 is 12.3. The van der Waals surface area contributed by atoms with E-state index < -0.39 is 11.9 Å². The van der Waals surface area contributed by atoms with Crippen molar-refractivity contribution in [2.45, 2.75) is 25.7 Å². The lowest BCUT2D eigenvalue weighted by molar-refractivity contribution is -0.115. The average Bonchev–Trinajstić information content (AvgIpc) is 3.39. The van der Waals surface area contributed by atoms with Crippen molar-refractivity contribution in [1.82, 2.24) is 4.57 Å². The zero-order valence-electron chi connectivity index (χ0n) is 20.0. The number of methoxy groups -OCH3 is 2. The molecule has 1 aliphatic rings. The number of anilines is 1. The molecule has 0 saturated heterocycles. The van der Waals surface area contributed by atoms with Crippen LogP contribution in [0.2, 0.25) is 0 Å². The summed E-state index contributed by atoms with van der Waals surface area (Å²) in [5.41, 5.74) is 2.69. The van der Waals surface area contributed by atoms with Crippen LogP contribution in [-0.2, 0) is 39.0 Å². The van der Waals surface area contributed by atoms with Gasteiger partial charge in [0.1, 0.15) is 5.00 Å². The Balaban J connectivity index is 1.39. The fourth-order valence-electron chi connectivity index (χ4n) is 3.99.